The molecule has 0 atom stereocenters. The normalized spacial score (nSPS) is 11.0. The third-order valence-electron chi connectivity index (χ3n) is 6.05. The van der Waals surface area contributed by atoms with Gasteiger partial charge in [-0.3, -0.25) is 0 Å². The SMILES string of the molecule is CC(C)(C)[Si](c1ccccc1)c1ccccc1.CC(C)(C)[Si](c1ccccc1)c1ccccc1.C[Si](C)(C)[N]=[Ta].C[Si](C)C.C[Si](C)C.[NH2-]. The van der Waals surface area contributed by atoms with Gasteiger partial charge in [0.05, 0.1) is 0 Å². The molecule has 8 heteroatoms. The van der Waals surface area contributed by atoms with Crippen molar-refractivity contribution in [3.05, 3.63) is 127 Å². The first-order valence-electron chi connectivity index (χ1n) is 17.1. The molecule has 0 aliphatic heterocycles. The maximum absolute atomic E-state index is 4.27. The fourth-order valence-electron chi connectivity index (χ4n) is 4.48. The number of hydrogen-bond acceptors (Lipinski definition) is 1. The standard InChI is InChI=1S/2C16H19Si.C3H9NSi.2C3H9Si.H2N.Ta/c2*1-16(2,3)17(14-10-6-4-7-11-14)15-12-8-5-9-13-15;1-5(2,3)4;2*1-4(2)3;;/h2*4-13H,1-3H3;1-3H3;2*1-3H3;1H2;/q;;;;;-1;. The number of hydrogen-bond donors (Lipinski definition) is 0. The van der Waals surface area contributed by atoms with Crippen LogP contribution in [0.4, 0.5) is 0 Å². The predicted octanol–water partition coefficient (Wildman–Crippen LogP) is 11.2. The smallest absolute Gasteiger partial charge is 0.0379 e. The molecule has 4 rings (SSSR count). The predicted molar refractivity (Wildman–Crippen MR) is 233 cm³/mol. The summed E-state index contributed by atoms with van der Waals surface area (Å²) in [4.78, 5) is 0. The summed E-state index contributed by atoms with van der Waals surface area (Å²) < 4.78 is 4.27. The number of nitrogens with zero attached hydrogens (tertiary/aromatic N) is 1. The van der Waals surface area contributed by atoms with E-state index in [4.69, 9.17) is 0 Å². The van der Waals surface area contributed by atoms with Crippen molar-refractivity contribution >= 4 is 64.2 Å². The summed E-state index contributed by atoms with van der Waals surface area (Å²) in [6.07, 6.45) is 0. The summed E-state index contributed by atoms with van der Waals surface area (Å²) in [5.41, 5.74) is 0. The Morgan fingerprint density at radius 2 is 0.571 bits per heavy atom. The molecule has 0 aliphatic rings. The van der Waals surface area contributed by atoms with Crippen LogP contribution in [0.3, 0.4) is 0 Å². The summed E-state index contributed by atoms with van der Waals surface area (Å²) in [6, 6.07) is 43.7. The van der Waals surface area contributed by atoms with Gasteiger partial charge in [0.15, 0.2) is 0 Å². The summed E-state index contributed by atoms with van der Waals surface area (Å²) >= 11 is 1.21. The molecule has 4 radical (unpaired) electrons. The van der Waals surface area contributed by atoms with Crippen LogP contribution < -0.4 is 20.7 Å². The van der Waals surface area contributed by atoms with Gasteiger partial charge in [0.25, 0.3) is 0 Å². The van der Waals surface area contributed by atoms with E-state index in [9.17, 15) is 0 Å². The molecular weight excluding hydrogens is 842 g/mol. The maximum atomic E-state index is 4.27. The zero-order valence-corrected chi connectivity index (χ0v) is 41.7. The quantitative estimate of drug-likeness (QED) is 0.179. The fourth-order valence-corrected chi connectivity index (χ4v) is 10.7. The van der Waals surface area contributed by atoms with Crippen molar-refractivity contribution in [2.75, 3.05) is 0 Å². The Labute approximate surface area is 323 Å². The van der Waals surface area contributed by atoms with Crippen LogP contribution in [0.1, 0.15) is 41.5 Å². The number of nitrogens with two attached hydrogens (primary N) is 1. The number of rotatable bonds is 5. The molecular formula is C41H67N2Si5Ta-. The van der Waals surface area contributed by atoms with Gasteiger partial charge in [0.1, 0.15) is 17.6 Å². The van der Waals surface area contributed by atoms with E-state index in [1.807, 2.05) is 0 Å². The van der Waals surface area contributed by atoms with Gasteiger partial charge in [-0.2, -0.15) is 0 Å². The van der Waals surface area contributed by atoms with Gasteiger partial charge in [-0.15, -0.1) is 0 Å². The second-order valence-electron chi connectivity index (χ2n) is 16.0. The minimum absolute atomic E-state index is 0. The van der Waals surface area contributed by atoms with Gasteiger partial charge in [0, 0.05) is 17.6 Å². The molecule has 4 aromatic carbocycles. The molecule has 0 heterocycles. The first-order valence-corrected chi connectivity index (χ1v) is 31.0. The first-order chi connectivity index (χ1) is 22.2. The molecule has 2 nitrogen and oxygen atoms in total. The third kappa shape index (κ3) is 24.3. The van der Waals surface area contributed by atoms with Crippen molar-refractivity contribution in [2.45, 2.75) is 111 Å². The van der Waals surface area contributed by atoms with E-state index >= 15 is 0 Å². The molecule has 0 aromatic heterocycles. The molecule has 267 valence electrons. The van der Waals surface area contributed by atoms with Crippen molar-refractivity contribution in [1.29, 1.82) is 0 Å². The second-order valence-corrected chi connectivity index (χ2v) is 35.5. The molecule has 49 heavy (non-hydrogen) atoms. The van der Waals surface area contributed by atoms with Crippen LogP contribution in [0.2, 0.25) is 69.0 Å². The van der Waals surface area contributed by atoms with Crippen LogP contribution in [-0.2, 0) is 20.9 Å². The molecule has 0 bridgehead atoms. The monoisotopic (exact) mass is 908 g/mol. The molecule has 0 fully saturated rings. The first kappa shape index (κ1) is 49.6. The second kappa shape index (κ2) is 25.4. The van der Waals surface area contributed by atoms with Gasteiger partial charge in [-0.05, 0) is 10.1 Å². The summed E-state index contributed by atoms with van der Waals surface area (Å²) in [5, 5.41) is 6.64. The molecule has 0 amide bonds. The van der Waals surface area contributed by atoms with Crippen molar-refractivity contribution < 1.29 is 20.9 Å². The van der Waals surface area contributed by atoms with Gasteiger partial charge >= 0.3 is 51.8 Å². The summed E-state index contributed by atoms with van der Waals surface area (Å²) in [7, 11) is -2.15. The fraction of sp³-hybridized carbons (Fsp3) is 0.415. The Kier molecular flexibility index (Phi) is 25.7. The Morgan fingerprint density at radius 1 is 0.429 bits per heavy atom. The van der Waals surface area contributed by atoms with E-state index in [2.05, 4.69) is 225 Å². The van der Waals surface area contributed by atoms with Crippen LogP contribution in [0.5, 0.6) is 0 Å². The van der Waals surface area contributed by atoms with Crippen LogP contribution in [0.25, 0.3) is 6.15 Å². The van der Waals surface area contributed by atoms with Crippen molar-refractivity contribution in [3.8, 4) is 0 Å². The van der Waals surface area contributed by atoms with Gasteiger partial charge in [0.2, 0.25) is 0 Å². The minimum atomic E-state index is -0.957. The van der Waals surface area contributed by atoms with E-state index in [1.165, 1.54) is 41.6 Å². The Bertz CT molecular complexity index is 1170. The topological polar surface area (TPSA) is 45.9 Å². The van der Waals surface area contributed by atoms with Crippen molar-refractivity contribution in [3.63, 3.8) is 0 Å². The van der Waals surface area contributed by atoms with E-state index in [-0.39, 0.29) is 23.7 Å². The molecule has 0 spiro atoms. The summed E-state index contributed by atoms with van der Waals surface area (Å²) in [5.74, 6) is 0. The van der Waals surface area contributed by atoms with E-state index in [0.717, 1.165) is 0 Å². The molecule has 2 N–H and O–H groups in total. The van der Waals surface area contributed by atoms with E-state index in [1.54, 1.807) is 0 Å². The largest absolute Gasteiger partial charge is 0.693 e. The van der Waals surface area contributed by atoms with Crippen LogP contribution in [-0.4, -0.2) is 43.4 Å². The van der Waals surface area contributed by atoms with Crippen molar-refractivity contribution in [1.82, 2.24) is 0 Å². The zero-order chi connectivity index (χ0) is 37.0. The minimum Gasteiger partial charge on any atom is -0.693 e. The van der Waals surface area contributed by atoms with E-state index < -0.39 is 25.8 Å². The Balaban J connectivity index is 0. The van der Waals surface area contributed by atoms with Crippen LogP contribution in [0, 0.1) is 0 Å². The van der Waals surface area contributed by atoms with Crippen LogP contribution >= 0.6 is 0 Å². The van der Waals surface area contributed by atoms with E-state index in [0.29, 0.717) is 10.1 Å². The van der Waals surface area contributed by atoms with Gasteiger partial charge < -0.3 is 6.15 Å². The summed E-state index contributed by atoms with van der Waals surface area (Å²) in [6.45, 7) is 34.4. The van der Waals surface area contributed by atoms with Gasteiger partial charge in [-0.1, -0.05) is 223 Å². The average Bonchev–Trinajstić information content (AvgIpc) is 2.98. The Morgan fingerprint density at radius 3 is 0.673 bits per heavy atom. The maximum Gasteiger partial charge on any atom is 0.0379 e. The molecule has 0 aliphatic carbocycles. The van der Waals surface area contributed by atoms with Crippen LogP contribution in [0.15, 0.2) is 124 Å². The molecule has 0 saturated heterocycles. The molecule has 0 saturated carbocycles. The third-order valence-corrected chi connectivity index (χ3v) is 19.8. The van der Waals surface area contributed by atoms with Gasteiger partial charge in [-0.25, -0.2) is 0 Å². The number of benzene rings is 4. The molecule has 0 unspecified atom stereocenters. The zero-order valence-electron chi connectivity index (χ0n) is 33.5. The average molecular weight is 909 g/mol. The Hall–Kier alpha value is -1.54. The van der Waals surface area contributed by atoms with Crippen molar-refractivity contribution in [2.24, 2.45) is 3.00 Å². The molecule has 4 aromatic rings.